The highest BCUT2D eigenvalue weighted by molar-refractivity contribution is 7.86. The molecule has 1 N–H and O–H groups in total. The van der Waals surface area contributed by atoms with Gasteiger partial charge in [-0.2, -0.15) is 8.42 Å². The van der Waals surface area contributed by atoms with E-state index in [4.69, 9.17) is 5.11 Å². The van der Waals surface area contributed by atoms with E-state index in [1.807, 2.05) is 0 Å². The Kier molecular flexibility index (Phi) is 3.61. The van der Waals surface area contributed by atoms with Gasteiger partial charge in [0.15, 0.2) is 0 Å². The average Bonchev–Trinajstić information content (AvgIpc) is 1.81. The fourth-order valence-electron chi connectivity index (χ4n) is 0.448. The molecular weight excluding hydrogens is 200 g/mol. The summed E-state index contributed by atoms with van der Waals surface area (Å²) in [5.41, 5.74) is -0.423. The minimum Gasteiger partial charge on any atom is -0.478 e. The van der Waals surface area contributed by atoms with Gasteiger partial charge in [0.05, 0.1) is 12.7 Å². The van der Waals surface area contributed by atoms with Gasteiger partial charge in [0.1, 0.15) is 0 Å². The first-order valence-corrected chi connectivity index (χ1v) is 4.87. The summed E-state index contributed by atoms with van der Waals surface area (Å²) in [4.78, 5) is 20.8. The van der Waals surface area contributed by atoms with E-state index in [-0.39, 0.29) is 0 Å². The lowest BCUT2D eigenvalue weighted by Gasteiger charge is -2.00. The number of rotatable bonds is 4. The molecule has 0 heterocycles. The molecule has 0 aromatic heterocycles. The predicted molar refractivity (Wildman–Crippen MR) is 42.3 cm³/mol. The Morgan fingerprint density at radius 2 is 1.92 bits per heavy atom. The van der Waals surface area contributed by atoms with Gasteiger partial charge in [-0.1, -0.05) is 6.58 Å². The largest absolute Gasteiger partial charge is 0.478 e. The summed E-state index contributed by atoms with van der Waals surface area (Å²) >= 11 is 0. The molecule has 0 unspecified atom stereocenters. The van der Waals surface area contributed by atoms with E-state index in [1.54, 1.807) is 0 Å². The monoisotopic (exact) mass is 208 g/mol. The van der Waals surface area contributed by atoms with Crippen molar-refractivity contribution in [2.24, 2.45) is 0 Å². The van der Waals surface area contributed by atoms with Crippen LogP contribution in [0.1, 0.15) is 6.42 Å². The minimum atomic E-state index is -3.88. The van der Waals surface area contributed by atoms with Crippen LogP contribution in [0.3, 0.4) is 0 Å². The quantitative estimate of drug-likeness (QED) is 0.495. The zero-order valence-electron chi connectivity index (χ0n) is 6.81. The van der Waals surface area contributed by atoms with Gasteiger partial charge in [-0.3, -0.25) is 4.79 Å². The van der Waals surface area contributed by atoms with Crippen LogP contribution in [0, 0.1) is 0 Å². The van der Waals surface area contributed by atoms with Gasteiger partial charge in [-0.15, -0.1) is 0 Å². The van der Waals surface area contributed by atoms with Gasteiger partial charge >= 0.3 is 22.1 Å². The van der Waals surface area contributed by atoms with Crippen LogP contribution in [0.5, 0.6) is 0 Å². The van der Waals surface area contributed by atoms with Crippen molar-refractivity contribution in [3.8, 4) is 0 Å². The van der Waals surface area contributed by atoms with Crippen LogP contribution in [-0.2, 0) is 23.9 Å². The number of carboxylic acid groups (broad SMARTS) is 1. The first kappa shape index (κ1) is 11.6. The summed E-state index contributed by atoms with van der Waals surface area (Å²) in [5, 5.41) is 8.27. The molecule has 0 aromatic carbocycles. The van der Waals surface area contributed by atoms with Crippen molar-refractivity contribution in [1.82, 2.24) is 0 Å². The zero-order valence-corrected chi connectivity index (χ0v) is 7.63. The molecule has 0 radical (unpaired) electrons. The van der Waals surface area contributed by atoms with Crippen LogP contribution < -0.4 is 0 Å². The zero-order chi connectivity index (χ0) is 10.6. The van der Waals surface area contributed by atoms with E-state index in [0.717, 1.165) is 0 Å². The molecule has 0 saturated carbocycles. The molecule has 0 rings (SSSR count). The van der Waals surface area contributed by atoms with Crippen LogP contribution in [0.25, 0.3) is 0 Å². The highest BCUT2D eigenvalue weighted by atomic mass is 32.2. The van der Waals surface area contributed by atoms with Gasteiger partial charge in [0.25, 0.3) is 0 Å². The second-order valence-electron chi connectivity index (χ2n) is 2.24. The second kappa shape index (κ2) is 4.04. The van der Waals surface area contributed by atoms with Gasteiger partial charge in [0.2, 0.25) is 0 Å². The minimum absolute atomic E-state index is 0.423. The van der Waals surface area contributed by atoms with Gasteiger partial charge in [0, 0.05) is 5.57 Å². The lowest BCUT2D eigenvalue weighted by molar-refractivity contribution is -0.137. The SMILES string of the molecule is C=C(CC(=O)OS(C)(=O)=O)C(=O)O. The molecule has 0 aliphatic heterocycles. The Hall–Kier alpha value is -1.37. The summed E-state index contributed by atoms with van der Waals surface area (Å²) in [7, 11) is -3.88. The number of hydrogen-bond donors (Lipinski definition) is 1. The molecule has 0 aromatic rings. The number of carboxylic acids is 1. The third kappa shape index (κ3) is 5.85. The summed E-state index contributed by atoms with van der Waals surface area (Å²) in [6, 6.07) is 0. The summed E-state index contributed by atoms with van der Waals surface area (Å²) < 4.78 is 24.6. The van der Waals surface area contributed by atoms with Gasteiger partial charge in [-0.05, 0) is 0 Å². The summed E-state index contributed by atoms with van der Waals surface area (Å²) in [6.45, 7) is 3.03. The van der Waals surface area contributed by atoms with Crippen LogP contribution in [0.15, 0.2) is 12.2 Å². The molecule has 7 heteroatoms. The highest BCUT2D eigenvalue weighted by Crippen LogP contribution is 2.01. The topological polar surface area (TPSA) is 97.7 Å². The van der Waals surface area contributed by atoms with Crippen molar-refractivity contribution < 1.29 is 27.3 Å². The van der Waals surface area contributed by atoms with Gasteiger partial charge < -0.3 is 9.29 Å². The normalized spacial score (nSPS) is 10.5. The standard InChI is InChI=1S/C6H8O6S/c1-4(6(8)9)3-5(7)12-13(2,10)11/h1,3H2,2H3,(H,8,9). The number of carbonyl (C=O) groups excluding carboxylic acids is 1. The Bertz CT molecular complexity index is 338. The Labute approximate surface area is 74.9 Å². The lowest BCUT2D eigenvalue weighted by Crippen LogP contribution is -2.13. The maximum absolute atomic E-state index is 10.6. The Balaban J connectivity index is 4.19. The van der Waals surface area contributed by atoms with Crippen molar-refractivity contribution in [2.45, 2.75) is 6.42 Å². The highest BCUT2D eigenvalue weighted by Gasteiger charge is 2.15. The first-order chi connectivity index (χ1) is 5.72. The third-order valence-electron chi connectivity index (χ3n) is 0.904. The fourth-order valence-corrected chi connectivity index (χ4v) is 0.845. The van der Waals surface area contributed by atoms with Crippen LogP contribution >= 0.6 is 0 Å². The average molecular weight is 208 g/mol. The van der Waals surface area contributed by atoms with Gasteiger partial charge in [-0.25, -0.2) is 4.79 Å². The van der Waals surface area contributed by atoms with Crippen molar-refractivity contribution in [1.29, 1.82) is 0 Å². The summed E-state index contributed by atoms with van der Waals surface area (Å²) in [5.74, 6) is -2.53. The molecule has 0 fully saturated rings. The smallest absolute Gasteiger partial charge is 0.331 e. The van der Waals surface area contributed by atoms with Crippen molar-refractivity contribution in [3.05, 3.63) is 12.2 Å². The van der Waals surface area contributed by atoms with E-state index < -0.39 is 34.1 Å². The molecule has 0 spiro atoms. The number of aliphatic carboxylic acids is 1. The van der Waals surface area contributed by atoms with Crippen LogP contribution in [-0.4, -0.2) is 31.7 Å². The first-order valence-electron chi connectivity index (χ1n) is 3.05. The van der Waals surface area contributed by atoms with Crippen molar-refractivity contribution in [2.75, 3.05) is 6.26 Å². The van der Waals surface area contributed by atoms with Crippen LogP contribution in [0.4, 0.5) is 0 Å². The lowest BCUT2D eigenvalue weighted by atomic mass is 10.2. The molecular formula is C6H8O6S. The molecule has 74 valence electrons. The molecule has 13 heavy (non-hydrogen) atoms. The number of hydrogen-bond acceptors (Lipinski definition) is 5. The Morgan fingerprint density at radius 3 is 2.23 bits per heavy atom. The van der Waals surface area contributed by atoms with E-state index in [1.165, 1.54) is 0 Å². The molecule has 0 bridgehead atoms. The van der Waals surface area contributed by atoms with E-state index in [0.29, 0.717) is 6.26 Å². The van der Waals surface area contributed by atoms with Crippen LogP contribution in [0.2, 0.25) is 0 Å². The Morgan fingerprint density at radius 1 is 1.46 bits per heavy atom. The van der Waals surface area contributed by atoms with Crippen molar-refractivity contribution >= 4 is 22.1 Å². The maximum atomic E-state index is 10.6. The predicted octanol–water partition coefficient (Wildman–Crippen LogP) is -0.480. The second-order valence-corrected chi connectivity index (χ2v) is 3.82. The van der Waals surface area contributed by atoms with E-state index >= 15 is 0 Å². The van der Waals surface area contributed by atoms with Crippen molar-refractivity contribution in [3.63, 3.8) is 0 Å². The molecule has 0 aliphatic rings. The molecule has 0 aliphatic carbocycles. The number of carbonyl (C=O) groups is 2. The van der Waals surface area contributed by atoms with E-state index in [9.17, 15) is 18.0 Å². The molecule has 0 atom stereocenters. The summed E-state index contributed by atoms with van der Waals surface area (Å²) in [6.07, 6.45) is 0.0385. The molecule has 0 amide bonds. The maximum Gasteiger partial charge on any atom is 0.331 e. The third-order valence-corrected chi connectivity index (χ3v) is 1.39. The molecule has 6 nitrogen and oxygen atoms in total. The fraction of sp³-hybridized carbons (Fsp3) is 0.333. The van der Waals surface area contributed by atoms with E-state index in [2.05, 4.69) is 10.8 Å². The molecule has 0 saturated heterocycles.